The molecule has 2 aliphatic heterocycles. The molecule has 0 bridgehead atoms. The predicted molar refractivity (Wildman–Crippen MR) is 95.0 cm³/mol. The van der Waals surface area contributed by atoms with E-state index in [4.69, 9.17) is 0 Å². The lowest BCUT2D eigenvalue weighted by Crippen LogP contribution is -2.40. The van der Waals surface area contributed by atoms with E-state index in [0.717, 1.165) is 31.7 Å². The van der Waals surface area contributed by atoms with Crippen molar-refractivity contribution in [2.24, 2.45) is 5.92 Å². The van der Waals surface area contributed by atoms with E-state index in [1.165, 1.54) is 18.5 Å². The number of carbonyl (C=O) groups excluding carboxylic acids is 1. The van der Waals surface area contributed by atoms with Gasteiger partial charge in [0.15, 0.2) is 0 Å². The average molecular weight is 315 g/mol. The minimum absolute atomic E-state index is 0.0560. The van der Waals surface area contributed by atoms with Crippen LogP contribution in [0.3, 0.4) is 0 Å². The SMILES string of the molecule is CC(C)N1C[C@H](C)[C@H](NC(=O)c2ccc(N3CCCC3)cc2)C1. The zero-order valence-corrected chi connectivity index (χ0v) is 14.6. The molecule has 4 heteroatoms. The third kappa shape index (κ3) is 3.69. The van der Waals surface area contributed by atoms with Crippen LogP contribution in [0.25, 0.3) is 0 Å². The summed E-state index contributed by atoms with van der Waals surface area (Å²) in [6.45, 7) is 10.9. The van der Waals surface area contributed by atoms with Crippen LogP contribution >= 0.6 is 0 Å². The molecule has 126 valence electrons. The molecule has 4 nitrogen and oxygen atoms in total. The Morgan fingerprint density at radius 2 is 1.78 bits per heavy atom. The number of anilines is 1. The highest BCUT2D eigenvalue weighted by molar-refractivity contribution is 5.94. The molecular weight excluding hydrogens is 286 g/mol. The van der Waals surface area contributed by atoms with E-state index >= 15 is 0 Å². The molecule has 1 aromatic rings. The number of rotatable bonds is 4. The van der Waals surface area contributed by atoms with E-state index < -0.39 is 0 Å². The van der Waals surface area contributed by atoms with Crippen LogP contribution in [0.5, 0.6) is 0 Å². The third-order valence-corrected chi connectivity index (χ3v) is 5.29. The van der Waals surface area contributed by atoms with Crippen LogP contribution < -0.4 is 10.2 Å². The van der Waals surface area contributed by atoms with E-state index in [2.05, 4.69) is 48.0 Å². The molecular formula is C19H29N3O. The summed E-state index contributed by atoms with van der Waals surface area (Å²) in [5.41, 5.74) is 2.00. The normalized spacial score (nSPS) is 25.3. The Bertz CT molecular complexity index is 534. The van der Waals surface area contributed by atoms with Crippen LogP contribution in [0.15, 0.2) is 24.3 Å². The maximum Gasteiger partial charge on any atom is 0.251 e. The molecule has 0 unspecified atom stereocenters. The van der Waals surface area contributed by atoms with Gasteiger partial charge in [-0.1, -0.05) is 6.92 Å². The van der Waals surface area contributed by atoms with Gasteiger partial charge in [0.05, 0.1) is 0 Å². The van der Waals surface area contributed by atoms with Crippen LogP contribution in [-0.2, 0) is 0 Å². The Hall–Kier alpha value is -1.55. The summed E-state index contributed by atoms with van der Waals surface area (Å²) in [6.07, 6.45) is 2.54. The van der Waals surface area contributed by atoms with Crippen molar-refractivity contribution < 1.29 is 4.79 Å². The number of hydrogen-bond donors (Lipinski definition) is 1. The van der Waals surface area contributed by atoms with Crippen molar-refractivity contribution in [3.8, 4) is 0 Å². The molecule has 2 heterocycles. The third-order valence-electron chi connectivity index (χ3n) is 5.29. The van der Waals surface area contributed by atoms with Crippen LogP contribution in [0.4, 0.5) is 5.69 Å². The number of nitrogens with one attached hydrogen (secondary N) is 1. The van der Waals surface area contributed by atoms with Crippen molar-refractivity contribution in [2.45, 2.75) is 45.7 Å². The first-order chi connectivity index (χ1) is 11.0. The standard InChI is InChI=1S/C19H29N3O/c1-14(2)22-12-15(3)18(13-22)20-19(23)16-6-8-17(9-7-16)21-10-4-5-11-21/h6-9,14-15,18H,4-5,10-13H2,1-3H3,(H,20,23)/t15-,18+/m0/s1. The van der Waals surface area contributed by atoms with Gasteiger partial charge in [-0.3, -0.25) is 9.69 Å². The molecule has 2 atom stereocenters. The summed E-state index contributed by atoms with van der Waals surface area (Å²) in [6, 6.07) is 8.88. The lowest BCUT2D eigenvalue weighted by Gasteiger charge is -2.20. The topological polar surface area (TPSA) is 35.6 Å². The maximum absolute atomic E-state index is 12.5. The first kappa shape index (κ1) is 16.3. The van der Waals surface area contributed by atoms with Gasteiger partial charge in [-0.2, -0.15) is 0 Å². The van der Waals surface area contributed by atoms with Crippen molar-refractivity contribution in [3.63, 3.8) is 0 Å². The van der Waals surface area contributed by atoms with E-state index in [1.807, 2.05) is 12.1 Å². The van der Waals surface area contributed by atoms with E-state index in [9.17, 15) is 4.79 Å². The van der Waals surface area contributed by atoms with E-state index in [-0.39, 0.29) is 11.9 Å². The van der Waals surface area contributed by atoms with Crippen molar-refractivity contribution in [1.29, 1.82) is 0 Å². The first-order valence-corrected chi connectivity index (χ1v) is 8.94. The van der Waals surface area contributed by atoms with Gasteiger partial charge in [-0.15, -0.1) is 0 Å². The summed E-state index contributed by atoms with van der Waals surface area (Å²) < 4.78 is 0. The fourth-order valence-corrected chi connectivity index (χ4v) is 3.66. The van der Waals surface area contributed by atoms with Crippen molar-refractivity contribution in [2.75, 3.05) is 31.1 Å². The number of benzene rings is 1. The van der Waals surface area contributed by atoms with Gasteiger partial charge in [0.25, 0.3) is 5.91 Å². The largest absolute Gasteiger partial charge is 0.372 e. The molecule has 1 aromatic carbocycles. The fourth-order valence-electron chi connectivity index (χ4n) is 3.66. The Labute approximate surface area is 139 Å². The number of nitrogens with zero attached hydrogens (tertiary/aromatic N) is 2. The van der Waals surface area contributed by atoms with Crippen LogP contribution in [0.2, 0.25) is 0 Å². The Kier molecular flexibility index (Phi) is 4.90. The molecule has 2 fully saturated rings. The van der Waals surface area contributed by atoms with Crippen LogP contribution in [0, 0.1) is 5.92 Å². The maximum atomic E-state index is 12.5. The Morgan fingerprint density at radius 3 is 2.35 bits per heavy atom. The monoisotopic (exact) mass is 315 g/mol. The van der Waals surface area contributed by atoms with Gasteiger partial charge in [-0.25, -0.2) is 0 Å². The van der Waals surface area contributed by atoms with E-state index in [1.54, 1.807) is 0 Å². The van der Waals surface area contributed by atoms with Gasteiger partial charge in [0, 0.05) is 49.5 Å². The lowest BCUT2D eigenvalue weighted by molar-refractivity contribution is 0.0930. The highest BCUT2D eigenvalue weighted by Gasteiger charge is 2.31. The number of hydrogen-bond acceptors (Lipinski definition) is 3. The number of likely N-dealkylation sites (tertiary alicyclic amines) is 1. The second kappa shape index (κ2) is 6.91. The molecule has 23 heavy (non-hydrogen) atoms. The summed E-state index contributed by atoms with van der Waals surface area (Å²) in [5.74, 6) is 0.561. The number of carbonyl (C=O) groups is 1. The lowest BCUT2D eigenvalue weighted by atomic mass is 10.1. The second-order valence-corrected chi connectivity index (χ2v) is 7.35. The Morgan fingerprint density at radius 1 is 1.13 bits per heavy atom. The minimum Gasteiger partial charge on any atom is -0.372 e. The summed E-state index contributed by atoms with van der Waals surface area (Å²) in [5, 5.41) is 3.22. The van der Waals surface area contributed by atoms with Gasteiger partial charge in [0.2, 0.25) is 0 Å². The van der Waals surface area contributed by atoms with Crippen molar-refractivity contribution >= 4 is 11.6 Å². The van der Waals surface area contributed by atoms with E-state index in [0.29, 0.717) is 12.0 Å². The second-order valence-electron chi connectivity index (χ2n) is 7.35. The zero-order chi connectivity index (χ0) is 16.4. The molecule has 1 N–H and O–H groups in total. The quantitative estimate of drug-likeness (QED) is 0.928. The van der Waals surface area contributed by atoms with Gasteiger partial charge in [0.1, 0.15) is 0 Å². The molecule has 3 rings (SSSR count). The van der Waals surface area contributed by atoms with Crippen LogP contribution in [0.1, 0.15) is 44.0 Å². The molecule has 1 amide bonds. The Balaban J connectivity index is 1.60. The van der Waals surface area contributed by atoms with Crippen molar-refractivity contribution in [1.82, 2.24) is 10.2 Å². The average Bonchev–Trinajstić information content (AvgIpc) is 3.18. The zero-order valence-electron chi connectivity index (χ0n) is 14.6. The van der Waals surface area contributed by atoms with Crippen LogP contribution in [-0.4, -0.2) is 49.1 Å². The van der Waals surface area contributed by atoms with Gasteiger partial charge in [-0.05, 0) is 56.9 Å². The smallest absolute Gasteiger partial charge is 0.251 e. The predicted octanol–water partition coefficient (Wildman–Crippen LogP) is 2.75. The minimum atomic E-state index is 0.0560. The number of amides is 1. The molecule has 0 radical (unpaired) electrons. The molecule has 2 aliphatic rings. The van der Waals surface area contributed by atoms with Gasteiger partial charge >= 0.3 is 0 Å². The van der Waals surface area contributed by atoms with Gasteiger partial charge < -0.3 is 10.2 Å². The molecule has 0 aliphatic carbocycles. The van der Waals surface area contributed by atoms with Crippen molar-refractivity contribution in [3.05, 3.63) is 29.8 Å². The highest BCUT2D eigenvalue weighted by atomic mass is 16.1. The molecule has 2 saturated heterocycles. The molecule has 0 aromatic heterocycles. The fraction of sp³-hybridized carbons (Fsp3) is 0.632. The molecule has 0 spiro atoms. The summed E-state index contributed by atoms with van der Waals surface area (Å²) in [4.78, 5) is 17.3. The highest BCUT2D eigenvalue weighted by Crippen LogP contribution is 2.22. The molecule has 0 saturated carbocycles. The first-order valence-electron chi connectivity index (χ1n) is 8.94. The summed E-state index contributed by atoms with van der Waals surface area (Å²) in [7, 11) is 0. The summed E-state index contributed by atoms with van der Waals surface area (Å²) >= 11 is 0.